The molecule has 0 bridgehead atoms. The number of non-ortho nitro benzene ring substituents is 1. The number of nitro benzene ring substituents is 1. The highest BCUT2D eigenvalue weighted by Crippen LogP contribution is 2.16. The first-order valence-electron chi connectivity index (χ1n) is 6.95. The van der Waals surface area contributed by atoms with Crippen LogP contribution >= 0.6 is 0 Å². The summed E-state index contributed by atoms with van der Waals surface area (Å²) < 4.78 is 35.6. The summed E-state index contributed by atoms with van der Waals surface area (Å²) in [7, 11) is -2.57. The van der Waals surface area contributed by atoms with Crippen LogP contribution in [-0.4, -0.2) is 22.5 Å². The Hall–Kier alpha value is -2.26. The molecule has 0 amide bonds. The van der Waals surface area contributed by atoms with E-state index in [0.717, 1.165) is 30.8 Å². The van der Waals surface area contributed by atoms with Crippen molar-refractivity contribution in [2.45, 2.75) is 31.2 Å². The molecule has 1 heterocycles. The van der Waals surface area contributed by atoms with E-state index in [1.165, 1.54) is 12.8 Å². The maximum atomic E-state index is 10.4. The van der Waals surface area contributed by atoms with Crippen molar-refractivity contribution in [2.75, 3.05) is 0 Å². The smallest absolute Gasteiger partial charge is 0.270 e. The van der Waals surface area contributed by atoms with Gasteiger partial charge in [0.15, 0.2) is 0 Å². The van der Waals surface area contributed by atoms with Crippen molar-refractivity contribution in [1.29, 1.82) is 0 Å². The second kappa shape index (κ2) is 8.39. The molecule has 8 nitrogen and oxygen atoms in total. The molecule has 0 atom stereocenters. The molecule has 0 aliphatic heterocycles. The minimum atomic E-state index is -4.61. The van der Waals surface area contributed by atoms with Gasteiger partial charge >= 0.3 is 0 Å². The first-order valence-corrected chi connectivity index (χ1v) is 8.36. The van der Waals surface area contributed by atoms with Crippen molar-refractivity contribution in [3.05, 3.63) is 53.1 Å². The van der Waals surface area contributed by atoms with Crippen LogP contribution in [0.1, 0.15) is 19.8 Å². The Balaban J connectivity index is 0.000000238. The highest BCUT2D eigenvalue weighted by molar-refractivity contribution is 7.85. The van der Waals surface area contributed by atoms with Crippen LogP contribution in [0.5, 0.6) is 0 Å². The summed E-state index contributed by atoms with van der Waals surface area (Å²) in [4.78, 5) is 8.82. The van der Waals surface area contributed by atoms with Crippen molar-refractivity contribution >= 4 is 15.8 Å². The van der Waals surface area contributed by atoms with Gasteiger partial charge in [-0.15, -0.1) is 0 Å². The van der Waals surface area contributed by atoms with Gasteiger partial charge < -0.3 is 4.55 Å². The number of benzene rings is 1. The van der Waals surface area contributed by atoms with Gasteiger partial charge in [-0.3, -0.25) is 10.1 Å². The fourth-order valence-electron chi connectivity index (χ4n) is 1.73. The molecule has 0 aliphatic rings. The largest absolute Gasteiger partial charge is 0.744 e. The van der Waals surface area contributed by atoms with Crippen LogP contribution in [-0.2, 0) is 23.7 Å². The van der Waals surface area contributed by atoms with Crippen molar-refractivity contribution in [2.24, 2.45) is 7.05 Å². The van der Waals surface area contributed by atoms with Crippen LogP contribution in [0.3, 0.4) is 0 Å². The fourth-order valence-corrected chi connectivity index (χ4v) is 2.24. The van der Waals surface area contributed by atoms with Gasteiger partial charge in [0.1, 0.15) is 22.5 Å². The Bertz CT molecular complexity index is 755. The Morgan fingerprint density at radius 2 is 2.04 bits per heavy atom. The number of rotatable bonds is 5. The SMILES string of the molecule is CCCCn1cc[n+](C)c1.O=[N+]([O-])c1cccc(S(=O)(=O)[O-])c1. The van der Waals surface area contributed by atoms with Gasteiger partial charge in [0, 0.05) is 12.1 Å². The van der Waals surface area contributed by atoms with E-state index in [4.69, 9.17) is 0 Å². The fraction of sp³-hybridized carbons (Fsp3) is 0.357. The summed E-state index contributed by atoms with van der Waals surface area (Å²) in [6.07, 6.45) is 8.82. The summed E-state index contributed by atoms with van der Waals surface area (Å²) in [5.41, 5.74) is -0.420. The van der Waals surface area contributed by atoms with Gasteiger partial charge in [-0.1, -0.05) is 19.4 Å². The van der Waals surface area contributed by atoms with Gasteiger partial charge in [-0.2, -0.15) is 0 Å². The molecule has 0 fully saturated rings. The average Bonchev–Trinajstić information content (AvgIpc) is 2.90. The lowest BCUT2D eigenvalue weighted by atomic mass is 10.3. The molecule has 2 aromatic rings. The quantitative estimate of drug-likeness (QED) is 0.355. The van der Waals surface area contributed by atoms with E-state index in [0.29, 0.717) is 0 Å². The summed E-state index contributed by atoms with van der Waals surface area (Å²) in [6, 6.07) is 3.98. The van der Waals surface area contributed by atoms with E-state index in [1.54, 1.807) is 0 Å². The normalized spacial score (nSPS) is 10.7. The van der Waals surface area contributed by atoms with Crippen molar-refractivity contribution < 1.29 is 22.5 Å². The van der Waals surface area contributed by atoms with Crippen molar-refractivity contribution in [1.82, 2.24) is 4.57 Å². The number of imidazole rings is 1. The number of nitro groups is 1. The van der Waals surface area contributed by atoms with Crippen LogP contribution < -0.4 is 4.57 Å². The summed E-state index contributed by atoms with van der Waals surface area (Å²) in [5.74, 6) is 0. The molecule has 0 spiro atoms. The van der Waals surface area contributed by atoms with E-state index < -0.39 is 25.6 Å². The molecule has 2 rings (SSSR count). The predicted molar refractivity (Wildman–Crippen MR) is 81.6 cm³/mol. The number of hydrogen-bond donors (Lipinski definition) is 0. The minimum absolute atomic E-state index is 0.420. The van der Waals surface area contributed by atoms with Crippen molar-refractivity contribution in [3.63, 3.8) is 0 Å². The Morgan fingerprint density at radius 3 is 2.52 bits per heavy atom. The Kier molecular flexibility index (Phi) is 6.86. The summed E-state index contributed by atoms with van der Waals surface area (Å²) >= 11 is 0. The van der Waals surface area contributed by atoms with Gasteiger partial charge in [-0.05, 0) is 12.5 Å². The van der Waals surface area contributed by atoms with E-state index in [2.05, 4.69) is 34.8 Å². The second-order valence-corrected chi connectivity index (χ2v) is 6.26. The third kappa shape index (κ3) is 6.57. The third-order valence-electron chi connectivity index (χ3n) is 2.91. The molecule has 0 saturated carbocycles. The standard InChI is InChI=1S/C8H15N2.C6H5NO5S/c1-3-4-5-10-7-6-9(2)8-10;8-7(9)5-2-1-3-6(4-5)13(10,11)12/h6-8H,3-5H2,1-2H3;1-4H,(H,10,11,12)/q+1;/p-1. The van der Waals surface area contributed by atoms with Gasteiger partial charge in [-0.25, -0.2) is 17.6 Å². The van der Waals surface area contributed by atoms with E-state index in [1.807, 2.05) is 7.05 Å². The first-order chi connectivity index (χ1) is 10.7. The Labute approximate surface area is 134 Å². The monoisotopic (exact) mass is 341 g/mol. The lowest BCUT2D eigenvalue weighted by molar-refractivity contribution is -0.671. The van der Waals surface area contributed by atoms with E-state index >= 15 is 0 Å². The molecule has 1 aromatic heterocycles. The molecule has 1 aromatic carbocycles. The zero-order chi connectivity index (χ0) is 17.5. The second-order valence-electron chi connectivity index (χ2n) is 4.88. The number of unbranched alkanes of at least 4 members (excludes halogenated alkanes) is 1. The van der Waals surface area contributed by atoms with Gasteiger partial charge in [0.2, 0.25) is 6.33 Å². The van der Waals surface area contributed by atoms with E-state index in [-0.39, 0.29) is 0 Å². The zero-order valence-electron chi connectivity index (χ0n) is 13.0. The van der Waals surface area contributed by atoms with Crippen LogP contribution in [0.2, 0.25) is 0 Å². The molecule has 0 N–H and O–H groups in total. The lowest BCUT2D eigenvalue weighted by Gasteiger charge is -2.05. The van der Waals surface area contributed by atoms with Crippen LogP contribution in [0, 0.1) is 10.1 Å². The molecule has 0 aliphatic carbocycles. The molecule has 126 valence electrons. The highest BCUT2D eigenvalue weighted by atomic mass is 32.2. The maximum absolute atomic E-state index is 10.4. The minimum Gasteiger partial charge on any atom is -0.744 e. The number of aryl methyl sites for hydroxylation is 2. The molecule has 0 unspecified atom stereocenters. The summed E-state index contributed by atoms with van der Waals surface area (Å²) in [5, 5.41) is 10.2. The van der Waals surface area contributed by atoms with Crippen LogP contribution in [0.4, 0.5) is 5.69 Å². The topological polar surface area (TPSA) is 109 Å². The van der Waals surface area contributed by atoms with Crippen LogP contribution in [0.25, 0.3) is 0 Å². The molecule has 9 heteroatoms. The van der Waals surface area contributed by atoms with Crippen molar-refractivity contribution in [3.8, 4) is 0 Å². The van der Waals surface area contributed by atoms with Gasteiger partial charge in [0.25, 0.3) is 5.69 Å². The average molecular weight is 341 g/mol. The molecular weight excluding hydrogens is 322 g/mol. The highest BCUT2D eigenvalue weighted by Gasteiger charge is 2.08. The predicted octanol–water partition coefficient (Wildman–Crippen LogP) is 1.61. The van der Waals surface area contributed by atoms with Crippen LogP contribution in [0.15, 0.2) is 47.9 Å². The number of nitrogens with zero attached hydrogens (tertiary/aromatic N) is 3. The number of aromatic nitrogens is 2. The molecule has 0 radical (unpaired) electrons. The number of hydrogen-bond acceptors (Lipinski definition) is 5. The lowest BCUT2D eigenvalue weighted by Crippen LogP contribution is -2.23. The molecule has 23 heavy (non-hydrogen) atoms. The first kappa shape index (κ1) is 18.8. The van der Waals surface area contributed by atoms with E-state index in [9.17, 15) is 23.1 Å². The third-order valence-corrected chi connectivity index (χ3v) is 3.74. The zero-order valence-corrected chi connectivity index (χ0v) is 13.8. The Morgan fingerprint density at radius 1 is 1.35 bits per heavy atom. The molecular formula is C14H19N3O5S. The molecule has 0 saturated heterocycles. The summed E-state index contributed by atoms with van der Waals surface area (Å²) in [6.45, 7) is 3.36. The van der Waals surface area contributed by atoms with Gasteiger partial charge in [0.05, 0.1) is 23.4 Å². The maximum Gasteiger partial charge on any atom is 0.270 e.